The second-order valence-electron chi connectivity index (χ2n) is 6.13. The molecule has 3 aromatic rings. The van der Waals surface area contributed by atoms with Crippen molar-refractivity contribution in [3.63, 3.8) is 0 Å². The van der Waals surface area contributed by atoms with Crippen molar-refractivity contribution in [2.45, 2.75) is 20.4 Å². The normalized spacial score (nSPS) is 10.9. The van der Waals surface area contributed by atoms with Gasteiger partial charge in [0.15, 0.2) is 0 Å². The van der Waals surface area contributed by atoms with Gasteiger partial charge in [0.2, 0.25) is 0 Å². The standard InChI is InChI=1S/C18H20ClN5O/c1-11-17(12(2)24(4)22-11)15-9-16(21-20-15)18(25)23(3)10-13-6-5-7-14(19)8-13/h5-9H,10H2,1-4H3,(H,20,21). The van der Waals surface area contributed by atoms with Gasteiger partial charge in [-0.3, -0.25) is 14.6 Å². The number of amides is 1. The molecule has 0 spiro atoms. The summed E-state index contributed by atoms with van der Waals surface area (Å²) in [7, 11) is 3.65. The van der Waals surface area contributed by atoms with Crippen molar-refractivity contribution in [3.8, 4) is 11.3 Å². The molecule has 130 valence electrons. The van der Waals surface area contributed by atoms with Crippen molar-refractivity contribution in [2.75, 3.05) is 7.05 Å². The first kappa shape index (κ1) is 17.2. The topological polar surface area (TPSA) is 66.8 Å². The van der Waals surface area contributed by atoms with Crippen molar-refractivity contribution < 1.29 is 4.79 Å². The Hall–Kier alpha value is -2.60. The summed E-state index contributed by atoms with van der Waals surface area (Å²) in [6.45, 7) is 4.39. The van der Waals surface area contributed by atoms with Crippen LogP contribution in [-0.2, 0) is 13.6 Å². The van der Waals surface area contributed by atoms with E-state index in [-0.39, 0.29) is 5.91 Å². The van der Waals surface area contributed by atoms with E-state index in [4.69, 9.17) is 11.6 Å². The summed E-state index contributed by atoms with van der Waals surface area (Å²) in [6, 6.07) is 9.25. The van der Waals surface area contributed by atoms with Crippen molar-refractivity contribution >= 4 is 17.5 Å². The third kappa shape index (κ3) is 3.44. The Kier molecular flexibility index (Phi) is 4.63. The lowest BCUT2D eigenvalue weighted by atomic mass is 10.1. The van der Waals surface area contributed by atoms with E-state index < -0.39 is 0 Å². The van der Waals surface area contributed by atoms with Gasteiger partial charge in [-0.2, -0.15) is 10.2 Å². The number of aryl methyl sites for hydroxylation is 2. The highest BCUT2D eigenvalue weighted by molar-refractivity contribution is 6.30. The lowest BCUT2D eigenvalue weighted by Crippen LogP contribution is -2.26. The summed E-state index contributed by atoms with van der Waals surface area (Å²) in [6.07, 6.45) is 0. The van der Waals surface area contributed by atoms with E-state index in [1.165, 1.54) is 0 Å². The molecule has 0 unspecified atom stereocenters. The second kappa shape index (κ2) is 6.72. The molecular weight excluding hydrogens is 338 g/mol. The van der Waals surface area contributed by atoms with Gasteiger partial charge in [0.25, 0.3) is 5.91 Å². The Morgan fingerprint density at radius 2 is 2.08 bits per heavy atom. The van der Waals surface area contributed by atoms with Gasteiger partial charge in [-0.1, -0.05) is 23.7 Å². The molecule has 2 aromatic heterocycles. The first-order valence-electron chi connectivity index (χ1n) is 7.92. The van der Waals surface area contributed by atoms with Gasteiger partial charge in [0.05, 0.1) is 11.4 Å². The lowest BCUT2D eigenvalue weighted by molar-refractivity contribution is 0.0779. The van der Waals surface area contributed by atoms with Crippen molar-refractivity contribution in [2.24, 2.45) is 7.05 Å². The van der Waals surface area contributed by atoms with E-state index in [9.17, 15) is 4.79 Å². The number of aromatic nitrogens is 4. The van der Waals surface area contributed by atoms with Crippen LogP contribution in [0.4, 0.5) is 0 Å². The van der Waals surface area contributed by atoms with Gasteiger partial charge in [-0.05, 0) is 37.6 Å². The molecule has 0 aliphatic rings. The molecule has 1 N–H and O–H groups in total. The number of benzene rings is 1. The molecule has 25 heavy (non-hydrogen) atoms. The van der Waals surface area contributed by atoms with Crippen LogP contribution in [0.5, 0.6) is 0 Å². The molecule has 0 aliphatic carbocycles. The molecule has 3 rings (SSSR count). The third-order valence-electron chi connectivity index (χ3n) is 4.23. The molecule has 0 fully saturated rings. The number of halogens is 1. The fourth-order valence-corrected chi connectivity index (χ4v) is 3.10. The van der Waals surface area contributed by atoms with Gasteiger partial charge < -0.3 is 4.90 Å². The van der Waals surface area contributed by atoms with E-state index in [1.54, 1.807) is 18.0 Å². The van der Waals surface area contributed by atoms with Gasteiger partial charge in [-0.15, -0.1) is 0 Å². The van der Waals surface area contributed by atoms with Gasteiger partial charge in [0, 0.05) is 36.9 Å². The summed E-state index contributed by atoms with van der Waals surface area (Å²) >= 11 is 6.00. The van der Waals surface area contributed by atoms with Crippen molar-refractivity contribution in [1.82, 2.24) is 24.9 Å². The van der Waals surface area contributed by atoms with Crippen molar-refractivity contribution in [3.05, 3.63) is 58.0 Å². The fourth-order valence-electron chi connectivity index (χ4n) is 2.89. The van der Waals surface area contributed by atoms with Crippen LogP contribution in [0.15, 0.2) is 30.3 Å². The third-order valence-corrected chi connectivity index (χ3v) is 4.46. The minimum Gasteiger partial charge on any atom is -0.336 e. The fraction of sp³-hybridized carbons (Fsp3) is 0.278. The Labute approximate surface area is 151 Å². The molecule has 0 radical (unpaired) electrons. The second-order valence-corrected chi connectivity index (χ2v) is 6.56. The number of hydrogen-bond donors (Lipinski definition) is 1. The molecule has 1 aromatic carbocycles. The first-order valence-corrected chi connectivity index (χ1v) is 8.30. The van der Waals surface area contributed by atoms with Crippen LogP contribution in [0, 0.1) is 13.8 Å². The number of nitrogens with zero attached hydrogens (tertiary/aromatic N) is 4. The number of hydrogen-bond acceptors (Lipinski definition) is 3. The average Bonchev–Trinajstić information content (AvgIpc) is 3.12. The van der Waals surface area contributed by atoms with Gasteiger partial charge >= 0.3 is 0 Å². The van der Waals surface area contributed by atoms with Crippen LogP contribution in [0.25, 0.3) is 11.3 Å². The van der Waals surface area contributed by atoms with E-state index >= 15 is 0 Å². The molecule has 1 amide bonds. The van der Waals surface area contributed by atoms with Crippen LogP contribution >= 0.6 is 11.6 Å². The molecule has 0 saturated carbocycles. The Morgan fingerprint density at radius 3 is 2.72 bits per heavy atom. The Morgan fingerprint density at radius 1 is 1.32 bits per heavy atom. The number of carbonyl (C=O) groups is 1. The maximum Gasteiger partial charge on any atom is 0.271 e. The zero-order chi connectivity index (χ0) is 18.1. The molecular formula is C18H20ClN5O. The van der Waals surface area contributed by atoms with Crippen LogP contribution < -0.4 is 0 Å². The van der Waals surface area contributed by atoms with Crippen LogP contribution in [0.3, 0.4) is 0 Å². The number of carbonyl (C=O) groups excluding carboxylic acids is 1. The Balaban J connectivity index is 1.80. The van der Waals surface area contributed by atoms with E-state index in [1.807, 2.05) is 49.8 Å². The molecule has 7 heteroatoms. The smallest absolute Gasteiger partial charge is 0.271 e. The van der Waals surface area contributed by atoms with E-state index in [2.05, 4.69) is 15.3 Å². The van der Waals surface area contributed by atoms with Crippen molar-refractivity contribution in [1.29, 1.82) is 0 Å². The monoisotopic (exact) mass is 357 g/mol. The zero-order valence-corrected chi connectivity index (χ0v) is 15.4. The quantitative estimate of drug-likeness (QED) is 0.778. The van der Waals surface area contributed by atoms with Gasteiger partial charge in [0.1, 0.15) is 5.69 Å². The highest BCUT2D eigenvalue weighted by atomic mass is 35.5. The molecule has 0 atom stereocenters. The van der Waals surface area contributed by atoms with Crippen LogP contribution in [0.2, 0.25) is 5.02 Å². The average molecular weight is 358 g/mol. The summed E-state index contributed by atoms with van der Waals surface area (Å²) in [4.78, 5) is 14.3. The van der Waals surface area contributed by atoms with E-state index in [0.717, 1.165) is 28.2 Å². The largest absolute Gasteiger partial charge is 0.336 e. The maximum atomic E-state index is 12.7. The number of aromatic amines is 1. The first-order chi connectivity index (χ1) is 11.9. The highest BCUT2D eigenvalue weighted by Crippen LogP contribution is 2.25. The van der Waals surface area contributed by atoms with Gasteiger partial charge in [-0.25, -0.2) is 0 Å². The molecule has 0 aliphatic heterocycles. The lowest BCUT2D eigenvalue weighted by Gasteiger charge is -2.16. The summed E-state index contributed by atoms with van der Waals surface area (Å²) in [5, 5.41) is 12.2. The Bertz CT molecular complexity index is 927. The highest BCUT2D eigenvalue weighted by Gasteiger charge is 2.19. The predicted octanol–water partition coefficient (Wildman–Crippen LogP) is 3.35. The minimum atomic E-state index is -0.127. The molecule has 0 saturated heterocycles. The van der Waals surface area contributed by atoms with E-state index in [0.29, 0.717) is 17.3 Å². The number of H-pyrrole nitrogens is 1. The molecule has 0 bridgehead atoms. The number of nitrogens with one attached hydrogen (secondary N) is 1. The van der Waals surface area contributed by atoms with Crippen LogP contribution in [0.1, 0.15) is 27.4 Å². The zero-order valence-electron chi connectivity index (χ0n) is 14.7. The minimum absolute atomic E-state index is 0.127. The predicted molar refractivity (Wildman–Crippen MR) is 97.5 cm³/mol. The SMILES string of the molecule is Cc1nn(C)c(C)c1-c1cc(C(=O)N(C)Cc2cccc(Cl)c2)[nH]n1. The summed E-state index contributed by atoms with van der Waals surface area (Å²) < 4.78 is 1.81. The van der Waals surface area contributed by atoms with Crippen LogP contribution in [-0.4, -0.2) is 37.8 Å². The summed E-state index contributed by atoms with van der Waals surface area (Å²) in [5.74, 6) is -0.127. The number of rotatable bonds is 4. The summed E-state index contributed by atoms with van der Waals surface area (Å²) in [5.41, 5.74) is 5.00. The molecule has 2 heterocycles. The maximum absolute atomic E-state index is 12.7. The molecule has 6 nitrogen and oxygen atoms in total.